The van der Waals surface area contributed by atoms with Gasteiger partial charge in [-0.1, -0.05) is 68.5 Å². The maximum Gasteiger partial charge on any atom is 0.334 e. The second-order valence-corrected chi connectivity index (χ2v) is 11.4. The van der Waals surface area contributed by atoms with Crippen molar-refractivity contribution in [1.29, 1.82) is 0 Å². The molecule has 9 heteroatoms. The van der Waals surface area contributed by atoms with E-state index in [0.717, 1.165) is 40.2 Å². The van der Waals surface area contributed by atoms with Crippen LogP contribution in [-0.4, -0.2) is 34.9 Å². The largest absolute Gasteiger partial charge is 0.334 e. The van der Waals surface area contributed by atoms with Crippen LogP contribution in [0, 0.1) is 5.92 Å². The van der Waals surface area contributed by atoms with E-state index in [1.54, 1.807) is 44.7 Å². The first kappa shape index (κ1) is 30.4. The van der Waals surface area contributed by atoms with Crippen molar-refractivity contribution in [2.24, 2.45) is 16.2 Å². The highest BCUT2D eigenvalue weighted by molar-refractivity contribution is 7.99. The van der Waals surface area contributed by atoms with E-state index in [4.69, 9.17) is 9.68 Å². The van der Waals surface area contributed by atoms with Crippen LogP contribution in [0.3, 0.4) is 0 Å². The lowest BCUT2D eigenvalue weighted by Crippen LogP contribution is -2.18. The Kier molecular flexibility index (Phi) is 10.6. The first-order valence-corrected chi connectivity index (χ1v) is 15.2. The van der Waals surface area contributed by atoms with Crippen LogP contribution in [0.15, 0.2) is 56.5 Å². The highest BCUT2D eigenvalue weighted by atomic mass is 32.2. The fourth-order valence-corrected chi connectivity index (χ4v) is 6.06. The summed E-state index contributed by atoms with van der Waals surface area (Å²) in [5.74, 6) is -0.925. The Balaban J connectivity index is 1.54. The normalized spacial score (nSPS) is 15.2. The minimum atomic E-state index is -0.497. The summed E-state index contributed by atoms with van der Waals surface area (Å²) in [5, 5.41) is 7.79. The molecule has 1 aliphatic heterocycles. The fourth-order valence-electron chi connectivity index (χ4n) is 5.02. The number of carbonyl (C=O) groups excluding carboxylic acids is 4. The molecule has 0 aromatic heterocycles. The Morgan fingerprint density at radius 3 is 1.78 bits per heavy atom. The Labute approximate surface area is 244 Å². The molecule has 0 bridgehead atoms. The summed E-state index contributed by atoms with van der Waals surface area (Å²) in [6, 6.07) is 11.1. The maximum atomic E-state index is 13.5. The van der Waals surface area contributed by atoms with E-state index >= 15 is 0 Å². The molecule has 41 heavy (non-hydrogen) atoms. The smallest absolute Gasteiger partial charge is 0.318 e. The van der Waals surface area contributed by atoms with Gasteiger partial charge in [-0.15, -0.1) is 0 Å². The van der Waals surface area contributed by atoms with Gasteiger partial charge in [-0.25, -0.2) is 9.59 Å². The van der Waals surface area contributed by atoms with Crippen LogP contribution >= 0.6 is 11.8 Å². The number of hydrogen-bond donors (Lipinski definition) is 0. The number of oxime groups is 2. The molecule has 1 heterocycles. The number of benzene rings is 2. The highest BCUT2D eigenvalue weighted by Gasteiger charge is 2.24. The zero-order valence-corrected chi connectivity index (χ0v) is 24.7. The molecule has 0 N–H and O–H groups in total. The minimum Gasteiger partial charge on any atom is -0.318 e. The van der Waals surface area contributed by atoms with E-state index in [-0.39, 0.29) is 35.8 Å². The zero-order chi connectivity index (χ0) is 29.4. The molecule has 1 fully saturated rings. The molecule has 216 valence electrons. The van der Waals surface area contributed by atoms with Crippen LogP contribution in [0.5, 0.6) is 0 Å². The summed E-state index contributed by atoms with van der Waals surface area (Å²) in [5.41, 5.74) is 3.34. The number of carbonyl (C=O) groups is 4. The SMILES string of the molecule is CCC(=O)O/N=C(\CC)C(=O)c1ccc2c(c1)Cc1cc(C(=O)/C(CCC3CCCC3)=N/OC(=O)CC)ccc1S2. The summed E-state index contributed by atoms with van der Waals surface area (Å²) in [6.07, 6.45) is 7.29. The number of nitrogens with zero attached hydrogens (tertiary/aromatic N) is 2. The molecule has 0 spiro atoms. The van der Waals surface area contributed by atoms with Crippen LogP contribution in [0.1, 0.15) is 110 Å². The van der Waals surface area contributed by atoms with Crippen LogP contribution in [0.4, 0.5) is 0 Å². The minimum absolute atomic E-state index is 0.173. The van der Waals surface area contributed by atoms with Gasteiger partial charge >= 0.3 is 11.9 Å². The van der Waals surface area contributed by atoms with Crippen molar-refractivity contribution in [3.63, 3.8) is 0 Å². The number of rotatable bonds is 12. The molecule has 1 aliphatic carbocycles. The van der Waals surface area contributed by atoms with Crippen molar-refractivity contribution < 1.29 is 28.9 Å². The Hall–Kier alpha value is -3.59. The average Bonchev–Trinajstić information content (AvgIpc) is 3.52. The van der Waals surface area contributed by atoms with Crippen LogP contribution < -0.4 is 0 Å². The molecule has 0 amide bonds. The summed E-state index contributed by atoms with van der Waals surface area (Å²) >= 11 is 1.59. The van der Waals surface area contributed by atoms with E-state index in [0.29, 0.717) is 36.3 Å². The van der Waals surface area contributed by atoms with E-state index < -0.39 is 11.9 Å². The molecule has 8 nitrogen and oxygen atoms in total. The monoisotopic (exact) mass is 576 g/mol. The van der Waals surface area contributed by atoms with Crippen molar-refractivity contribution >= 4 is 46.7 Å². The van der Waals surface area contributed by atoms with Crippen molar-refractivity contribution in [3.05, 3.63) is 58.7 Å². The standard InChI is InChI=1S/C32H36N2O6S/c1-4-25(33-39-29(35)5-2)31(37)21-12-15-27-23(17-21)19-24-18-22(13-16-28(24)41-27)32(38)26(34-40-30(36)6-3)14-11-20-9-7-8-10-20/h12-13,15-18,20H,4-11,14,19H2,1-3H3/b33-25+,34-26+. The second kappa shape index (κ2) is 14.3. The highest BCUT2D eigenvalue weighted by Crippen LogP contribution is 2.40. The average molecular weight is 577 g/mol. The third-order valence-corrected chi connectivity index (χ3v) is 8.70. The topological polar surface area (TPSA) is 111 Å². The van der Waals surface area contributed by atoms with Crippen molar-refractivity contribution in [3.8, 4) is 0 Å². The quantitative estimate of drug-likeness (QED) is 0.0978. The van der Waals surface area contributed by atoms with Crippen molar-refractivity contribution in [1.82, 2.24) is 0 Å². The van der Waals surface area contributed by atoms with Gasteiger partial charge in [0.05, 0.1) is 0 Å². The molecule has 1 saturated carbocycles. The lowest BCUT2D eigenvalue weighted by Gasteiger charge is -2.20. The van der Waals surface area contributed by atoms with Gasteiger partial charge in [0.15, 0.2) is 0 Å². The van der Waals surface area contributed by atoms with Gasteiger partial charge in [0.2, 0.25) is 11.6 Å². The van der Waals surface area contributed by atoms with Gasteiger partial charge in [-0.2, -0.15) is 0 Å². The number of fused-ring (bicyclic) bond motifs is 2. The second-order valence-electron chi connectivity index (χ2n) is 10.3. The number of Topliss-reactive ketones (excluding diaryl/α,β-unsaturated/α-hetero) is 2. The summed E-state index contributed by atoms with van der Waals surface area (Å²) < 4.78 is 0. The number of ketones is 2. The summed E-state index contributed by atoms with van der Waals surface area (Å²) in [6.45, 7) is 5.13. The van der Waals surface area contributed by atoms with Crippen molar-refractivity contribution in [2.45, 2.75) is 94.8 Å². The molecule has 0 saturated heterocycles. The first-order chi connectivity index (χ1) is 19.8. The van der Waals surface area contributed by atoms with Gasteiger partial charge in [-0.05, 0) is 79.1 Å². The summed E-state index contributed by atoms with van der Waals surface area (Å²) in [7, 11) is 0. The molecule has 0 unspecified atom stereocenters. The maximum absolute atomic E-state index is 13.5. The Morgan fingerprint density at radius 2 is 1.27 bits per heavy atom. The molecular weight excluding hydrogens is 540 g/mol. The van der Waals surface area contributed by atoms with Gasteiger partial charge in [0, 0.05) is 33.8 Å². The fraction of sp³-hybridized carbons (Fsp3) is 0.438. The van der Waals surface area contributed by atoms with E-state index in [2.05, 4.69) is 10.3 Å². The Bertz CT molecular complexity index is 1390. The van der Waals surface area contributed by atoms with Gasteiger partial charge in [0.1, 0.15) is 11.4 Å². The van der Waals surface area contributed by atoms with Gasteiger partial charge in [-0.3, -0.25) is 9.59 Å². The lowest BCUT2D eigenvalue weighted by atomic mass is 9.94. The van der Waals surface area contributed by atoms with Crippen LogP contribution in [-0.2, 0) is 25.7 Å². The van der Waals surface area contributed by atoms with E-state index in [1.807, 2.05) is 24.3 Å². The summed E-state index contributed by atoms with van der Waals surface area (Å²) in [4.78, 5) is 61.8. The molecular formula is C32H36N2O6S. The first-order valence-electron chi connectivity index (χ1n) is 14.4. The number of hydrogen-bond acceptors (Lipinski definition) is 9. The molecule has 0 atom stereocenters. The predicted molar refractivity (Wildman–Crippen MR) is 158 cm³/mol. The van der Waals surface area contributed by atoms with Gasteiger partial charge in [0.25, 0.3) is 0 Å². The molecule has 2 aromatic rings. The lowest BCUT2D eigenvalue weighted by molar-refractivity contribution is -0.144. The predicted octanol–water partition coefficient (Wildman–Crippen LogP) is 7.11. The third-order valence-electron chi connectivity index (χ3n) is 7.46. The van der Waals surface area contributed by atoms with Crippen LogP contribution in [0.25, 0.3) is 0 Å². The third kappa shape index (κ3) is 7.79. The van der Waals surface area contributed by atoms with E-state index in [1.165, 1.54) is 12.8 Å². The molecule has 4 rings (SSSR count). The van der Waals surface area contributed by atoms with Gasteiger partial charge < -0.3 is 9.68 Å². The molecule has 2 aromatic carbocycles. The van der Waals surface area contributed by atoms with Crippen LogP contribution in [0.2, 0.25) is 0 Å². The van der Waals surface area contributed by atoms with Crippen molar-refractivity contribution in [2.75, 3.05) is 0 Å². The van der Waals surface area contributed by atoms with E-state index in [9.17, 15) is 19.2 Å². The Morgan fingerprint density at radius 1 is 0.756 bits per heavy atom. The molecule has 0 radical (unpaired) electrons. The zero-order valence-electron chi connectivity index (χ0n) is 23.9. The molecule has 2 aliphatic rings.